The Morgan fingerprint density at radius 2 is 1.57 bits per heavy atom. The molecule has 0 aliphatic carbocycles. The Morgan fingerprint density at radius 3 is 2.26 bits per heavy atom. The van der Waals surface area contributed by atoms with Crippen LogP contribution in [-0.4, -0.2) is 15.2 Å². The molecule has 2 aromatic heterocycles. The summed E-state index contributed by atoms with van der Waals surface area (Å²) in [7, 11) is 0. The van der Waals surface area contributed by atoms with E-state index in [1.807, 2.05) is 78.2 Å². The maximum absolute atomic E-state index is 5.89. The summed E-state index contributed by atoms with van der Waals surface area (Å²) < 4.78 is 0. The van der Waals surface area contributed by atoms with Crippen LogP contribution in [0.25, 0.3) is 21.8 Å². The number of rotatable bonds is 4. The molecule has 0 bridgehead atoms. The molecule has 0 atom stereocenters. The van der Waals surface area contributed by atoms with Gasteiger partial charge in [-0.05, 0) is 28.8 Å². The second-order valence-corrected chi connectivity index (χ2v) is 5.85. The highest BCUT2D eigenvalue weighted by Crippen LogP contribution is 2.32. The predicted octanol–water partition coefficient (Wildman–Crippen LogP) is 4.52. The van der Waals surface area contributed by atoms with Gasteiger partial charge in [0.1, 0.15) is 11.4 Å². The SMILES string of the molecule is c1ccc(On2nnc(-c3cccs3)c2-c2ccccc2)cc1. The maximum Gasteiger partial charge on any atom is 0.158 e. The van der Waals surface area contributed by atoms with Crippen molar-refractivity contribution in [3.63, 3.8) is 0 Å². The summed E-state index contributed by atoms with van der Waals surface area (Å²) in [6.07, 6.45) is 0. The summed E-state index contributed by atoms with van der Waals surface area (Å²) in [4.78, 5) is 8.44. The first-order valence-electron chi connectivity index (χ1n) is 7.20. The van der Waals surface area contributed by atoms with Gasteiger partial charge in [0.05, 0.1) is 4.88 Å². The third-order valence-corrected chi connectivity index (χ3v) is 4.26. The second kappa shape index (κ2) is 6.06. The van der Waals surface area contributed by atoms with Crippen LogP contribution in [0.2, 0.25) is 0 Å². The van der Waals surface area contributed by atoms with Crippen molar-refractivity contribution in [3.8, 4) is 27.6 Å². The van der Waals surface area contributed by atoms with E-state index in [2.05, 4.69) is 10.3 Å². The summed E-state index contributed by atoms with van der Waals surface area (Å²) in [6.45, 7) is 0. The van der Waals surface area contributed by atoms with Crippen molar-refractivity contribution in [3.05, 3.63) is 78.2 Å². The molecule has 0 fully saturated rings. The molecule has 4 rings (SSSR count). The van der Waals surface area contributed by atoms with Crippen LogP contribution in [0.4, 0.5) is 0 Å². The van der Waals surface area contributed by atoms with E-state index >= 15 is 0 Å². The van der Waals surface area contributed by atoms with Crippen molar-refractivity contribution in [1.29, 1.82) is 0 Å². The van der Waals surface area contributed by atoms with Crippen LogP contribution in [-0.2, 0) is 0 Å². The van der Waals surface area contributed by atoms with Crippen molar-refractivity contribution < 1.29 is 4.84 Å². The van der Waals surface area contributed by atoms with Crippen LogP contribution < -0.4 is 4.84 Å². The number of hydrogen-bond acceptors (Lipinski definition) is 4. The summed E-state index contributed by atoms with van der Waals surface area (Å²) >= 11 is 1.63. The highest BCUT2D eigenvalue weighted by atomic mass is 32.1. The lowest BCUT2D eigenvalue weighted by atomic mass is 10.1. The van der Waals surface area contributed by atoms with Gasteiger partial charge in [-0.2, -0.15) is 0 Å². The third kappa shape index (κ3) is 2.74. The fourth-order valence-corrected chi connectivity index (χ4v) is 3.05. The average molecular weight is 319 g/mol. The van der Waals surface area contributed by atoms with Crippen LogP contribution in [0, 0.1) is 0 Å². The van der Waals surface area contributed by atoms with E-state index in [0.717, 1.165) is 21.8 Å². The van der Waals surface area contributed by atoms with Gasteiger partial charge in [-0.1, -0.05) is 59.4 Å². The molecule has 112 valence electrons. The fraction of sp³-hybridized carbons (Fsp3) is 0. The van der Waals surface area contributed by atoms with E-state index in [9.17, 15) is 0 Å². The molecule has 5 heteroatoms. The number of nitrogens with zero attached hydrogens (tertiary/aromatic N) is 3. The minimum absolute atomic E-state index is 0.715. The van der Waals surface area contributed by atoms with Crippen LogP contribution in [0.5, 0.6) is 5.75 Å². The quantitative estimate of drug-likeness (QED) is 0.555. The van der Waals surface area contributed by atoms with Gasteiger partial charge in [-0.3, -0.25) is 0 Å². The van der Waals surface area contributed by atoms with Gasteiger partial charge in [0, 0.05) is 5.56 Å². The van der Waals surface area contributed by atoms with Gasteiger partial charge < -0.3 is 4.84 Å². The summed E-state index contributed by atoms with van der Waals surface area (Å²) in [6, 6.07) is 23.7. The zero-order valence-corrected chi connectivity index (χ0v) is 13.0. The van der Waals surface area contributed by atoms with Crippen LogP contribution in [0.3, 0.4) is 0 Å². The standard InChI is InChI=1S/C18H13N3OS/c1-3-8-14(9-4-1)18-17(16-12-7-13-23-16)19-20-21(18)22-15-10-5-2-6-11-15/h1-13H. The monoisotopic (exact) mass is 319 g/mol. The molecule has 4 nitrogen and oxygen atoms in total. The molecule has 4 aromatic rings. The Labute approximate surface area is 137 Å². The molecule has 23 heavy (non-hydrogen) atoms. The zero-order chi connectivity index (χ0) is 15.5. The topological polar surface area (TPSA) is 39.9 Å². The zero-order valence-electron chi connectivity index (χ0n) is 12.2. The van der Waals surface area contributed by atoms with E-state index in [1.165, 1.54) is 4.85 Å². The van der Waals surface area contributed by atoms with Gasteiger partial charge >= 0.3 is 0 Å². The first kappa shape index (κ1) is 13.7. The Kier molecular flexibility index (Phi) is 3.62. The van der Waals surface area contributed by atoms with Gasteiger partial charge in [0.2, 0.25) is 0 Å². The van der Waals surface area contributed by atoms with Crippen LogP contribution >= 0.6 is 11.3 Å². The molecule has 0 unspecified atom stereocenters. The molecule has 0 aliphatic rings. The number of hydrogen-bond donors (Lipinski definition) is 0. The first-order valence-corrected chi connectivity index (χ1v) is 8.08. The lowest BCUT2D eigenvalue weighted by molar-refractivity contribution is 0.177. The van der Waals surface area contributed by atoms with Crippen molar-refractivity contribution in [2.75, 3.05) is 0 Å². The lowest BCUT2D eigenvalue weighted by Crippen LogP contribution is -2.09. The Balaban J connectivity index is 1.83. The molecule has 0 N–H and O–H groups in total. The first-order chi connectivity index (χ1) is 11.4. The Bertz CT molecular complexity index is 887. The Morgan fingerprint density at radius 1 is 0.826 bits per heavy atom. The van der Waals surface area contributed by atoms with Crippen molar-refractivity contribution in [2.45, 2.75) is 0 Å². The summed E-state index contributed by atoms with van der Waals surface area (Å²) in [5.41, 5.74) is 2.68. The van der Waals surface area contributed by atoms with E-state index in [-0.39, 0.29) is 0 Å². The number of para-hydroxylation sites is 1. The Hall–Kier alpha value is -2.92. The smallest absolute Gasteiger partial charge is 0.158 e. The normalized spacial score (nSPS) is 10.6. The summed E-state index contributed by atoms with van der Waals surface area (Å²) in [5, 5.41) is 10.6. The largest absolute Gasteiger partial charge is 0.356 e. The molecule has 0 saturated heterocycles. The van der Waals surface area contributed by atoms with Crippen molar-refractivity contribution in [1.82, 2.24) is 15.2 Å². The van der Waals surface area contributed by atoms with Gasteiger partial charge in [-0.15, -0.1) is 16.4 Å². The molecular weight excluding hydrogens is 306 g/mol. The van der Waals surface area contributed by atoms with Crippen LogP contribution in [0.15, 0.2) is 78.2 Å². The van der Waals surface area contributed by atoms with Crippen molar-refractivity contribution in [2.24, 2.45) is 0 Å². The predicted molar refractivity (Wildman–Crippen MR) is 91.2 cm³/mol. The lowest BCUT2D eigenvalue weighted by Gasteiger charge is -2.08. The molecule has 2 aromatic carbocycles. The second-order valence-electron chi connectivity index (χ2n) is 4.91. The molecule has 2 heterocycles. The molecule has 0 aliphatic heterocycles. The van der Waals surface area contributed by atoms with Gasteiger partial charge in [0.25, 0.3) is 0 Å². The number of aromatic nitrogens is 3. The molecule has 0 radical (unpaired) electrons. The molecule has 0 amide bonds. The highest BCUT2D eigenvalue weighted by molar-refractivity contribution is 7.13. The van der Waals surface area contributed by atoms with E-state index in [1.54, 1.807) is 11.3 Å². The third-order valence-electron chi connectivity index (χ3n) is 3.38. The van der Waals surface area contributed by atoms with E-state index in [0.29, 0.717) is 5.75 Å². The van der Waals surface area contributed by atoms with E-state index in [4.69, 9.17) is 4.84 Å². The summed E-state index contributed by atoms with van der Waals surface area (Å²) in [5.74, 6) is 0.715. The highest BCUT2D eigenvalue weighted by Gasteiger charge is 2.18. The molecule has 0 saturated carbocycles. The van der Waals surface area contributed by atoms with Crippen molar-refractivity contribution >= 4 is 11.3 Å². The fourth-order valence-electron chi connectivity index (χ4n) is 2.34. The molecule has 0 spiro atoms. The van der Waals surface area contributed by atoms with Gasteiger partial charge in [-0.25, -0.2) is 0 Å². The minimum Gasteiger partial charge on any atom is -0.356 e. The maximum atomic E-state index is 5.89. The average Bonchev–Trinajstić information content (AvgIpc) is 3.26. The van der Waals surface area contributed by atoms with Crippen LogP contribution in [0.1, 0.15) is 0 Å². The number of thiophene rings is 1. The number of benzene rings is 2. The van der Waals surface area contributed by atoms with E-state index < -0.39 is 0 Å². The molecular formula is C18H13N3OS. The van der Waals surface area contributed by atoms with Gasteiger partial charge in [0.15, 0.2) is 5.75 Å². The minimum atomic E-state index is 0.715.